The second-order valence-electron chi connectivity index (χ2n) is 5.67. The van der Waals surface area contributed by atoms with E-state index in [1.54, 1.807) is 16.0 Å². The molecule has 0 spiro atoms. The van der Waals surface area contributed by atoms with E-state index in [0.717, 1.165) is 17.2 Å². The average molecular weight is 368 g/mol. The van der Waals surface area contributed by atoms with Gasteiger partial charge in [-0.3, -0.25) is 14.3 Å². The first kappa shape index (κ1) is 17.3. The van der Waals surface area contributed by atoms with Gasteiger partial charge in [0.2, 0.25) is 0 Å². The third-order valence-corrected chi connectivity index (χ3v) is 5.45. The van der Waals surface area contributed by atoms with E-state index in [2.05, 4.69) is 5.10 Å². The summed E-state index contributed by atoms with van der Waals surface area (Å²) in [6.45, 7) is 3.49. The number of aliphatic hydroxyl groups is 1. The fourth-order valence-electron chi connectivity index (χ4n) is 3.00. The fourth-order valence-corrected chi connectivity index (χ4v) is 4.03. The maximum Gasteiger partial charge on any atom is 0.323 e. The van der Waals surface area contributed by atoms with Gasteiger partial charge >= 0.3 is 5.97 Å². The number of hydrogen-bond acceptors (Lipinski definition) is 7. The third-order valence-electron chi connectivity index (χ3n) is 4.15. The molecule has 2 aromatic rings. The predicted octanol–water partition coefficient (Wildman–Crippen LogP) is 1.73. The first-order chi connectivity index (χ1) is 11.5. The Balaban J connectivity index is 1.90. The van der Waals surface area contributed by atoms with Crippen molar-refractivity contribution in [2.75, 3.05) is 13.7 Å². The Kier molecular flexibility index (Phi) is 5.14. The molecule has 24 heavy (non-hydrogen) atoms. The second kappa shape index (κ2) is 7.14. The number of esters is 1. The van der Waals surface area contributed by atoms with E-state index in [4.69, 9.17) is 17.0 Å². The van der Waals surface area contributed by atoms with Crippen molar-refractivity contribution in [1.82, 2.24) is 19.2 Å². The van der Waals surface area contributed by atoms with E-state index in [0.29, 0.717) is 24.4 Å². The summed E-state index contributed by atoms with van der Waals surface area (Å²) >= 11 is 7.15. The highest BCUT2D eigenvalue weighted by molar-refractivity contribution is 7.71. The fraction of sp³-hybridized carbons (Fsp3) is 0.533. The molecule has 0 bridgehead atoms. The molecular weight excluding hydrogens is 348 g/mol. The third kappa shape index (κ3) is 3.16. The normalized spacial score (nSPS) is 21.3. The zero-order valence-electron chi connectivity index (χ0n) is 13.6. The van der Waals surface area contributed by atoms with Crippen LogP contribution in [0.15, 0.2) is 17.5 Å². The van der Waals surface area contributed by atoms with E-state index in [1.807, 2.05) is 33.9 Å². The molecule has 1 aliphatic rings. The van der Waals surface area contributed by atoms with Crippen LogP contribution >= 0.6 is 23.6 Å². The highest BCUT2D eigenvalue weighted by Crippen LogP contribution is 2.25. The lowest BCUT2D eigenvalue weighted by molar-refractivity contribution is -0.146. The van der Waals surface area contributed by atoms with Crippen LogP contribution in [-0.4, -0.2) is 56.1 Å². The van der Waals surface area contributed by atoms with Gasteiger partial charge in [-0.15, -0.1) is 16.4 Å². The molecule has 3 heterocycles. The topological polar surface area (TPSA) is 72.5 Å². The number of carbonyl (C=O) groups excluding carboxylic acids is 1. The van der Waals surface area contributed by atoms with Crippen molar-refractivity contribution in [3.8, 4) is 10.7 Å². The van der Waals surface area contributed by atoms with Crippen molar-refractivity contribution in [2.45, 2.75) is 38.7 Å². The minimum atomic E-state index is -0.548. The molecule has 7 nitrogen and oxygen atoms in total. The average Bonchev–Trinajstić information content (AvgIpc) is 3.27. The van der Waals surface area contributed by atoms with Gasteiger partial charge in [0.25, 0.3) is 0 Å². The van der Waals surface area contributed by atoms with Crippen LogP contribution in [-0.2, 0) is 22.7 Å². The highest BCUT2D eigenvalue weighted by Gasteiger charge is 2.37. The monoisotopic (exact) mass is 368 g/mol. The van der Waals surface area contributed by atoms with Crippen LogP contribution in [0.25, 0.3) is 10.7 Å². The van der Waals surface area contributed by atoms with Gasteiger partial charge in [0.1, 0.15) is 6.04 Å². The number of methoxy groups -OCH3 is 1. The molecule has 0 saturated carbocycles. The van der Waals surface area contributed by atoms with Gasteiger partial charge in [-0.05, 0) is 30.6 Å². The maximum absolute atomic E-state index is 11.9. The molecule has 1 aliphatic heterocycles. The number of nitrogens with zero attached hydrogens (tertiary/aromatic N) is 4. The standard InChI is InChI=1S/C15H20N4O3S2/c1-3-18-13(12-5-4-6-24-12)16-19(15(18)23)9-17-8-10(20)7-11(17)14(21)22-2/h4-6,10-11,20H,3,7-9H2,1-2H3/t10-,11-/m0/s1. The molecule has 2 aromatic heterocycles. The molecule has 0 amide bonds. The minimum absolute atomic E-state index is 0.341. The van der Waals surface area contributed by atoms with Gasteiger partial charge < -0.3 is 9.84 Å². The lowest BCUT2D eigenvalue weighted by Crippen LogP contribution is -2.38. The Morgan fingerprint density at radius 1 is 1.58 bits per heavy atom. The van der Waals surface area contributed by atoms with E-state index < -0.39 is 12.1 Å². The summed E-state index contributed by atoms with van der Waals surface area (Å²) < 4.78 is 9.12. The largest absolute Gasteiger partial charge is 0.468 e. The van der Waals surface area contributed by atoms with Gasteiger partial charge in [0, 0.05) is 19.5 Å². The Morgan fingerprint density at radius 3 is 3.00 bits per heavy atom. The molecule has 9 heteroatoms. The number of aliphatic hydroxyl groups excluding tert-OH is 1. The first-order valence-corrected chi connectivity index (χ1v) is 9.05. The van der Waals surface area contributed by atoms with Crippen molar-refractivity contribution in [2.24, 2.45) is 0 Å². The Bertz CT molecular complexity index is 768. The number of thiophene rings is 1. The molecule has 0 aromatic carbocycles. The zero-order valence-corrected chi connectivity index (χ0v) is 15.2. The molecule has 1 fully saturated rings. The number of ether oxygens (including phenoxy) is 1. The van der Waals surface area contributed by atoms with Crippen LogP contribution in [0, 0.1) is 4.77 Å². The van der Waals surface area contributed by atoms with E-state index >= 15 is 0 Å². The molecule has 130 valence electrons. The van der Waals surface area contributed by atoms with Crippen molar-refractivity contribution < 1.29 is 14.6 Å². The number of hydrogen-bond donors (Lipinski definition) is 1. The van der Waals surface area contributed by atoms with Crippen molar-refractivity contribution in [3.05, 3.63) is 22.3 Å². The van der Waals surface area contributed by atoms with Crippen molar-refractivity contribution >= 4 is 29.5 Å². The summed E-state index contributed by atoms with van der Waals surface area (Å²) in [5, 5.41) is 16.6. The van der Waals surface area contributed by atoms with Crippen LogP contribution in [0.5, 0.6) is 0 Å². The van der Waals surface area contributed by atoms with E-state index in [9.17, 15) is 9.90 Å². The van der Waals surface area contributed by atoms with Crippen LogP contribution < -0.4 is 0 Å². The smallest absolute Gasteiger partial charge is 0.323 e. The summed E-state index contributed by atoms with van der Waals surface area (Å²) in [4.78, 5) is 14.8. The number of likely N-dealkylation sites (tertiary alicyclic amines) is 1. The van der Waals surface area contributed by atoms with Crippen LogP contribution in [0.4, 0.5) is 0 Å². The molecule has 0 radical (unpaired) electrons. The lowest BCUT2D eigenvalue weighted by Gasteiger charge is -2.21. The lowest BCUT2D eigenvalue weighted by atomic mass is 10.2. The van der Waals surface area contributed by atoms with Gasteiger partial charge in [-0.1, -0.05) is 6.07 Å². The quantitative estimate of drug-likeness (QED) is 0.640. The molecule has 2 atom stereocenters. The number of aromatic nitrogens is 3. The summed E-state index contributed by atoms with van der Waals surface area (Å²) in [5.41, 5.74) is 0. The summed E-state index contributed by atoms with van der Waals surface area (Å²) in [6, 6.07) is 3.52. The number of carbonyl (C=O) groups is 1. The van der Waals surface area contributed by atoms with Gasteiger partial charge in [-0.25, -0.2) is 4.68 Å². The zero-order chi connectivity index (χ0) is 17.3. The molecule has 3 rings (SSSR count). The number of β-amino-alcohol motifs (C(OH)–C–C–N with tert-alkyl or cyclic N) is 1. The summed E-state index contributed by atoms with van der Waals surface area (Å²) in [6.07, 6.45) is -0.181. The summed E-state index contributed by atoms with van der Waals surface area (Å²) in [5.74, 6) is 0.485. The second-order valence-corrected chi connectivity index (χ2v) is 6.98. The molecule has 1 N–H and O–H groups in total. The van der Waals surface area contributed by atoms with Gasteiger partial charge in [0.05, 0.1) is 24.8 Å². The predicted molar refractivity (Wildman–Crippen MR) is 93.2 cm³/mol. The SMILES string of the molecule is CCn1c(-c2cccs2)nn(CN2C[C@@H](O)C[C@H]2C(=O)OC)c1=S. The van der Waals surface area contributed by atoms with E-state index in [1.165, 1.54) is 7.11 Å². The Labute approximate surface area is 149 Å². The van der Waals surface area contributed by atoms with Crippen molar-refractivity contribution in [3.63, 3.8) is 0 Å². The molecule has 0 unspecified atom stereocenters. The van der Waals surface area contributed by atoms with Gasteiger partial charge in [0.15, 0.2) is 10.6 Å². The van der Waals surface area contributed by atoms with Crippen LogP contribution in [0.2, 0.25) is 0 Å². The maximum atomic E-state index is 11.9. The van der Waals surface area contributed by atoms with Crippen LogP contribution in [0.3, 0.4) is 0 Å². The van der Waals surface area contributed by atoms with E-state index in [-0.39, 0.29) is 5.97 Å². The number of rotatable bonds is 5. The van der Waals surface area contributed by atoms with Gasteiger partial charge in [-0.2, -0.15) is 0 Å². The van der Waals surface area contributed by atoms with Crippen molar-refractivity contribution in [1.29, 1.82) is 0 Å². The first-order valence-electron chi connectivity index (χ1n) is 7.76. The minimum Gasteiger partial charge on any atom is -0.468 e. The molecule has 1 saturated heterocycles. The summed E-state index contributed by atoms with van der Waals surface area (Å²) in [7, 11) is 1.36. The Hall–Kier alpha value is -1.55. The Morgan fingerprint density at radius 2 is 2.38 bits per heavy atom. The highest BCUT2D eigenvalue weighted by atomic mass is 32.1. The molecule has 0 aliphatic carbocycles. The van der Waals surface area contributed by atoms with Crippen LogP contribution in [0.1, 0.15) is 13.3 Å². The molecular formula is C15H20N4O3S2.